The second kappa shape index (κ2) is 5.78. The van der Waals surface area contributed by atoms with E-state index >= 15 is 0 Å². The van der Waals surface area contributed by atoms with E-state index in [1.807, 2.05) is 12.1 Å². The zero-order valence-corrected chi connectivity index (χ0v) is 12.8. The predicted molar refractivity (Wildman–Crippen MR) is 79.4 cm³/mol. The van der Waals surface area contributed by atoms with Crippen molar-refractivity contribution in [3.8, 4) is 5.75 Å². The molecule has 0 N–H and O–H groups in total. The van der Waals surface area contributed by atoms with Gasteiger partial charge in [-0.1, -0.05) is 52.0 Å². The predicted octanol–water partition coefficient (Wildman–Crippen LogP) is 4.83. The Balaban J connectivity index is 2.36. The van der Waals surface area contributed by atoms with Gasteiger partial charge in [0.15, 0.2) is 0 Å². The summed E-state index contributed by atoms with van der Waals surface area (Å²) in [4.78, 5) is 0. The molecule has 0 bridgehead atoms. The van der Waals surface area contributed by atoms with Crippen molar-refractivity contribution in [2.75, 3.05) is 0 Å². The fourth-order valence-corrected chi connectivity index (χ4v) is 5.01. The molecular formula is C16H20AlO. The minimum absolute atomic E-state index is 0.649. The van der Waals surface area contributed by atoms with E-state index in [0.29, 0.717) is 9.56 Å². The minimum atomic E-state index is -1.22. The normalized spacial score (nSPS) is 11.2. The van der Waals surface area contributed by atoms with Crippen molar-refractivity contribution in [3.63, 3.8) is 0 Å². The molecule has 18 heavy (non-hydrogen) atoms. The van der Waals surface area contributed by atoms with E-state index in [1.54, 1.807) is 0 Å². The van der Waals surface area contributed by atoms with Crippen LogP contribution in [0, 0.1) is 6.07 Å². The lowest BCUT2D eigenvalue weighted by Crippen LogP contribution is -2.28. The van der Waals surface area contributed by atoms with Gasteiger partial charge in [0.05, 0.1) is 5.75 Å². The van der Waals surface area contributed by atoms with Crippen molar-refractivity contribution in [2.24, 2.45) is 0 Å². The van der Waals surface area contributed by atoms with Gasteiger partial charge in [-0.15, -0.1) is 0 Å². The molecule has 0 unspecified atom stereocenters. The highest BCUT2D eigenvalue weighted by Crippen LogP contribution is 2.29. The maximum atomic E-state index is 6.38. The van der Waals surface area contributed by atoms with Crippen LogP contribution in [-0.4, -0.2) is 14.5 Å². The van der Waals surface area contributed by atoms with Crippen molar-refractivity contribution in [3.05, 3.63) is 42.5 Å². The first-order valence-corrected chi connectivity index (χ1v) is 8.45. The quantitative estimate of drug-likeness (QED) is 0.711. The molecule has 0 spiro atoms. The van der Waals surface area contributed by atoms with E-state index in [4.69, 9.17) is 3.79 Å². The standard InChI is InChI=1S/C10H7O.2C3H7.Al/c11-10-7-3-5-8-4-1-2-6-9(8)10;2*1-3-2;/h2-7,11H;2*3H,1-2H3;/q;;;+1/p-1. The number of rotatable bonds is 4. The molecule has 2 rings (SSSR count). The Morgan fingerprint density at radius 3 is 2.44 bits per heavy atom. The fourth-order valence-electron chi connectivity index (χ4n) is 2.43. The second-order valence-corrected chi connectivity index (χ2v) is 9.31. The number of hydrogen-bond acceptors (Lipinski definition) is 1. The topological polar surface area (TPSA) is 9.23 Å². The van der Waals surface area contributed by atoms with Crippen molar-refractivity contribution < 1.29 is 3.79 Å². The highest BCUT2D eigenvalue weighted by atomic mass is 27.2. The monoisotopic (exact) mass is 255 g/mol. The third-order valence-corrected chi connectivity index (χ3v) is 6.42. The largest absolute Gasteiger partial charge is 0.642 e. The lowest BCUT2D eigenvalue weighted by molar-refractivity contribution is 0.541. The molecule has 0 saturated heterocycles. The first-order chi connectivity index (χ1) is 8.59. The van der Waals surface area contributed by atoms with Gasteiger partial charge in [-0.2, -0.15) is 0 Å². The van der Waals surface area contributed by atoms with Gasteiger partial charge < -0.3 is 3.79 Å². The van der Waals surface area contributed by atoms with E-state index in [9.17, 15) is 0 Å². The van der Waals surface area contributed by atoms with Crippen LogP contribution in [-0.2, 0) is 0 Å². The Kier molecular flexibility index (Phi) is 4.32. The van der Waals surface area contributed by atoms with Crippen LogP contribution in [0.1, 0.15) is 27.7 Å². The van der Waals surface area contributed by atoms with Crippen LogP contribution in [0.3, 0.4) is 0 Å². The third kappa shape index (κ3) is 2.88. The van der Waals surface area contributed by atoms with Gasteiger partial charge in [-0.25, -0.2) is 0 Å². The van der Waals surface area contributed by atoms with E-state index in [2.05, 4.69) is 58.0 Å². The summed E-state index contributed by atoms with van der Waals surface area (Å²) < 4.78 is 7.67. The average Bonchev–Trinajstić information content (AvgIpc) is 2.35. The molecule has 0 fully saturated rings. The molecule has 0 aromatic heterocycles. The average molecular weight is 255 g/mol. The van der Waals surface area contributed by atoms with Crippen LogP contribution in [0.25, 0.3) is 10.8 Å². The van der Waals surface area contributed by atoms with Gasteiger partial charge in [0.2, 0.25) is 0 Å². The SMILES string of the molecule is C[CH](C)[Al]([O]c1cccc2c[c]ccc12)[CH](C)C. The van der Waals surface area contributed by atoms with Gasteiger partial charge in [0.1, 0.15) is 0 Å². The van der Waals surface area contributed by atoms with E-state index in [0.717, 1.165) is 5.75 Å². The zero-order chi connectivity index (χ0) is 13.1. The molecular weight excluding hydrogens is 235 g/mol. The molecule has 0 aliphatic heterocycles. The molecule has 0 saturated carbocycles. The third-order valence-electron chi connectivity index (χ3n) is 3.26. The van der Waals surface area contributed by atoms with Crippen molar-refractivity contribution in [1.82, 2.24) is 0 Å². The maximum Gasteiger partial charge on any atom is 0.552 e. The summed E-state index contributed by atoms with van der Waals surface area (Å²) in [6.07, 6.45) is 0. The number of fused-ring (bicyclic) bond motifs is 1. The maximum absolute atomic E-state index is 6.38. The summed E-state index contributed by atoms with van der Waals surface area (Å²) in [7, 11) is 0. The summed E-state index contributed by atoms with van der Waals surface area (Å²) in [6.45, 7) is 9.09. The van der Waals surface area contributed by atoms with Crippen molar-refractivity contribution in [1.29, 1.82) is 0 Å². The van der Waals surface area contributed by atoms with E-state index in [-0.39, 0.29) is 0 Å². The van der Waals surface area contributed by atoms with Crippen molar-refractivity contribution >= 4 is 25.3 Å². The van der Waals surface area contributed by atoms with Gasteiger partial charge in [0, 0.05) is 5.39 Å². The van der Waals surface area contributed by atoms with Crippen LogP contribution < -0.4 is 3.79 Å². The summed E-state index contributed by atoms with van der Waals surface area (Å²) in [5.74, 6) is 1.04. The molecule has 1 radical (unpaired) electrons. The Morgan fingerprint density at radius 2 is 1.78 bits per heavy atom. The number of hydrogen-bond donors (Lipinski definition) is 0. The Labute approximate surface area is 115 Å². The van der Waals surface area contributed by atoms with Gasteiger partial charge in [-0.3, -0.25) is 0 Å². The highest BCUT2D eigenvalue weighted by molar-refractivity contribution is 6.55. The van der Waals surface area contributed by atoms with Gasteiger partial charge >= 0.3 is 14.5 Å². The molecule has 1 nitrogen and oxygen atoms in total. The molecule has 0 aliphatic rings. The minimum Gasteiger partial charge on any atom is -0.642 e. The number of benzene rings is 2. The van der Waals surface area contributed by atoms with E-state index < -0.39 is 14.5 Å². The molecule has 2 aromatic rings. The summed E-state index contributed by atoms with van der Waals surface area (Å²) >= 11 is -1.22. The molecule has 2 aromatic carbocycles. The molecule has 2 heteroatoms. The lowest BCUT2D eigenvalue weighted by atomic mass is 10.1. The van der Waals surface area contributed by atoms with Crippen LogP contribution in [0.4, 0.5) is 0 Å². The summed E-state index contributed by atoms with van der Waals surface area (Å²) in [5.41, 5.74) is 0. The highest BCUT2D eigenvalue weighted by Gasteiger charge is 2.32. The van der Waals surface area contributed by atoms with Crippen LogP contribution in [0.2, 0.25) is 9.56 Å². The molecule has 0 heterocycles. The van der Waals surface area contributed by atoms with Crippen molar-refractivity contribution in [2.45, 2.75) is 37.3 Å². The smallest absolute Gasteiger partial charge is 0.552 e. The lowest BCUT2D eigenvalue weighted by Gasteiger charge is -2.22. The second-order valence-electron chi connectivity index (χ2n) is 5.47. The van der Waals surface area contributed by atoms with Crippen LogP contribution in [0.15, 0.2) is 36.4 Å². The van der Waals surface area contributed by atoms with Gasteiger partial charge in [0.25, 0.3) is 0 Å². The summed E-state index contributed by atoms with van der Waals surface area (Å²) in [5, 5.41) is 2.41. The Morgan fingerprint density at radius 1 is 1.06 bits per heavy atom. The summed E-state index contributed by atoms with van der Waals surface area (Å²) in [6, 6.07) is 15.5. The molecule has 0 atom stereocenters. The van der Waals surface area contributed by atoms with E-state index in [1.165, 1.54) is 10.8 Å². The fraction of sp³-hybridized carbons (Fsp3) is 0.375. The molecule has 93 valence electrons. The van der Waals surface area contributed by atoms with Crippen LogP contribution in [0.5, 0.6) is 5.75 Å². The van der Waals surface area contributed by atoms with Crippen LogP contribution >= 0.6 is 0 Å². The van der Waals surface area contributed by atoms with Gasteiger partial charge in [-0.05, 0) is 33.1 Å². The Hall–Kier alpha value is -0.968. The zero-order valence-electron chi connectivity index (χ0n) is 11.6. The molecule has 0 amide bonds. The first-order valence-electron chi connectivity index (χ1n) is 6.65. The molecule has 0 aliphatic carbocycles. The Bertz CT molecular complexity index is 506. The first kappa shape index (κ1) is 13.5.